The highest BCUT2D eigenvalue weighted by Crippen LogP contribution is 2.31. The van der Waals surface area contributed by atoms with Gasteiger partial charge in [-0.15, -0.1) is 0 Å². The van der Waals surface area contributed by atoms with E-state index >= 15 is 0 Å². The lowest BCUT2D eigenvalue weighted by Crippen LogP contribution is -2.43. The number of amides is 1. The number of piperidine rings is 1. The van der Waals surface area contributed by atoms with Gasteiger partial charge in [-0.2, -0.15) is 0 Å². The van der Waals surface area contributed by atoms with Crippen LogP contribution >= 0.6 is 0 Å². The Morgan fingerprint density at radius 1 is 1.42 bits per heavy atom. The van der Waals surface area contributed by atoms with Gasteiger partial charge in [0.25, 0.3) is 0 Å². The van der Waals surface area contributed by atoms with E-state index in [-0.39, 0.29) is 36.6 Å². The van der Waals surface area contributed by atoms with Crippen LogP contribution in [0.5, 0.6) is 0 Å². The Bertz CT molecular complexity index is 472. The van der Waals surface area contributed by atoms with E-state index in [9.17, 15) is 14.0 Å². The summed E-state index contributed by atoms with van der Waals surface area (Å²) in [5.41, 5.74) is 0.786. The maximum atomic E-state index is 12.9. The first-order valence-corrected chi connectivity index (χ1v) is 6.30. The van der Waals surface area contributed by atoms with Gasteiger partial charge >= 0.3 is 5.97 Å². The van der Waals surface area contributed by atoms with Crippen LogP contribution in [0.2, 0.25) is 0 Å². The molecule has 1 saturated heterocycles. The third-order valence-corrected chi connectivity index (χ3v) is 3.30. The molecule has 102 valence electrons. The summed E-state index contributed by atoms with van der Waals surface area (Å²) in [4.78, 5) is 23.4. The van der Waals surface area contributed by atoms with Crippen LogP contribution in [0, 0.1) is 11.7 Å². The topological polar surface area (TPSA) is 55.4 Å². The van der Waals surface area contributed by atoms with Crippen molar-refractivity contribution < 1.29 is 18.7 Å². The predicted octanol–water partition coefficient (Wildman–Crippen LogP) is 1.61. The largest absolute Gasteiger partial charge is 0.466 e. The van der Waals surface area contributed by atoms with Crippen molar-refractivity contribution in [2.45, 2.75) is 19.3 Å². The van der Waals surface area contributed by atoms with E-state index < -0.39 is 5.92 Å². The standard InChI is InChI=1S/C14H16FNO3/c1-2-19-14(18)12-8-16-13(17)7-11(12)9-3-5-10(15)6-4-9/h3-6,11-12H,2,7-8H2,1H3,(H,16,17)/t11-,12+/m1/s1. The summed E-state index contributed by atoms with van der Waals surface area (Å²) in [5, 5.41) is 2.67. The van der Waals surface area contributed by atoms with Crippen LogP contribution in [0.4, 0.5) is 4.39 Å². The summed E-state index contributed by atoms with van der Waals surface area (Å²) in [7, 11) is 0. The normalized spacial score (nSPS) is 22.7. The van der Waals surface area contributed by atoms with E-state index in [0.717, 1.165) is 5.56 Å². The van der Waals surface area contributed by atoms with E-state index in [4.69, 9.17) is 4.74 Å². The summed E-state index contributed by atoms with van der Waals surface area (Å²) in [6.07, 6.45) is 0.217. The van der Waals surface area contributed by atoms with Gasteiger partial charge in [-0.3, -0.25) is 9.59 Å². The average Bonchev–Trinajstić information content (AvgIpc) is 2.39. The lowest BCUT2D eigenvalue weighted by molar-refractivity contribution is -0.150. The molecule has 1 amide bonds. The van der Waals surface area contributed by atoms with Gasteiger partial charge in [-0.1, -0.05) is 12.1 Å². The highest BCUT2D eigenvalue weighted by molar-refractivity contribution is 5.83. The second-order valence-corrected chi connectivity index (χ2v) is 4.52. The molecule has 1 aromatic carbocycles. The van der Waals surface area contributed by atoms with Crippen molar-refractivity contribution in [3.8, 4) is 0 Å². The monoisotopic (exact) mass is 265 g/mol. The fourth-order valence-electron chi connectivity index (χ4n) is 2.34. The summed E-state index contributed by atoms with van der Waals surface area (Å²) >= 11 is 0. The second-order valence-electron chi connectivity index (χ2n) is 4.52. The van der Waals surface area contributed by atoms with Crippen LogP contribution in [0.1, 0.15) is 24.8 Å². The zero-order valence-corrected chi connectivity index (χ0v) is 10.7. The van der Waals surface area contributed by atoms with Crippen LogP contribution in [0.3, 0.4) is 0 Å². The third kappa shape index (κ3) is 3.10. The first-order chi connectivity index (χ1) is 9.11. The Morgan fingerprint density at radius 2 is 2.11 bits per heavy atom. The van der Waals surface area contributed by atoms with Gasteiger partial charge in [0, 0.05) is 18.9 Å². The molecular formula is C14H16FNO3. The lowest BCUT2D eigenvalue weighted by atomic mass is 9.81. The van der Waals surface area contributed by atoms with Gasteiger partial charge in [0.05, 0.1) is 12.5 Å². The van der Waals surface area contributed by atoms with Crippen molar-refractivity contribution >= 4 is 11.9 Å². The van der Waals surface area contributed by atoms with Gasteiger partial charge in [-0.05, 0) is 24.6 Å². The van der Waals surface area contributed by atoms with E-state index in [1.807, 2.05) is 0 Å². The van der Waals surface area contributed by atoms with E-state index in [1.165, 1.54) is 12.1 Å². The van der Waals surface area contributed by atoms with Crippen LogP contribution in [0.15, 0.2) is 24.3 Å². The zero-order valence-electron chi connectivity index (χ0n) is 10.7. The van der Waals surface area contributed by atoms with Crippen molar-refractivity contribution in [1.29, 1.82) is 0 Å². The molecule has 1 aromatic rings. The number of nitrogens with one attached hydrogen (secondary N) is 1. The maximum Gasteiger partial charge on any atom is 0.311 e. The minimum Gasteiger partial charge on any atom is -0.466 e. The lowest BCUT2D eigenvalue weighted by Gasteiger charge is -2.30. The Balaban J connectivity index is 2.23. The number of rotatable bonds is 3. The van der Waals surface area contributed by atoms with Crippen molar-refractivity contribution in [3.05, 3.63) is 35.6 Å². The number of hydrogen-bond donors (Lipinski definition) is 1. The number of carbonyl (C=O) groups excluding carboxylic acids is 2. The van der Waals surface area contributed by atoms with Crippen molar-refractivity contribution in [2.24, 2.45) is 5.92 Å². The quantitative estimate of drug-likeness (QED) is 0.845. The molecule has 19 heavy (non-hydrogen) atoms. The number of halogens is 1. The molecule has 0 saturated carbocycles. The molecule has 0 bridgehead atoms. The molecule has 1 aliphatic heterocycles. The summed E-state index contributed by atoms with van der Waals surface area (Å²) in [6, 6.07) is 5.91. The van der Waals surface area contributed by atoms with E-state index in [2.05, 4.69) is 5.32 Å². The van der Waals surface area contributed by atoms with Gasteiger partial charge in [0.2, 0.25) is 5.91 Å². The van der Waals surface area contributed by atoms with Crippen LogP contribution < -0.4 is 5.32 Å². The molecule has 2 atom stereocenters. The first-order valence-electron chi connectivity index (χ1n) is 6.30. The number of benzene rings is 1. The van der Waals surface area contributed by atoms with E-state index in [0.29, 0.717) is 6.61 Å². The van der Waals surface area contributed by atoms with E-state index in [1.54, 1.807) is 19.1 Å². The van der Waals surface area contributed by atoms with Crippen molar-refractivity contribution in [1.82, 2.24) is 5.32 Å². The smallest absolute Gasteiger partial charge is 0.311 e. The summed E-state index contributed by atoms with van der Waals surface area (Å²) in [5.74, 6) is -1.43. The van der Waals surface area contributed by atoms with Crippen LogP contribution in [-0.4, -0.2) is 25.0 Å². The van der Waals surface area contributed by atoms with Gasteiger partial charge in [0.1, 0.15) is 5.82 Å². The second kappa shape index (κ2) is 5.82. The molecule has 0 radical (unpaired) electrons. The third-order valence-electron chi connectivity index (χ3n) is 3.30. The minimum absolute atomic E-state index is 0.102. The summed E-state index contributed by atoms with van der Waals surface area (Å²) < 4.78 is 18.0. The molecule has 1 heterocycles. The van der Waals surface area contributed by atoms with Crippen molar-refractivity contribution in [3.63, 3.8) is 0 Å². The van der Waals surface area contributed by atoms with Gasteiger partial charge < -0.3 is 10.1 Å². The number of ether oxygens (including phenoxy) is 1. The Hall–Kier alpha value is -1.91. The maximum absolute atomic E-state index is 12.9. The average molecular weight is 265 g/mol. The van der Waals surface area contributed by atoms with Gasteiger partial charge in [0.15, 0.2) is 0 Å². The minimum atomic E-state index is -0.414. The zero-order chi connectivity index (χ0) is 13.8. The first kappa shape index (κ1) is 13.5. The molecule has 0 unspecified atom stereocenters. The van der Waals surface area contributed by atoms with Gasteiger partial charge in [-0.25, -0.2) is 4.39 Å². The number of carbonyl (C=O) groups is 2. The molecule has 4 nitrogen and oxygen atoms in total. The Kier molecular flexibility index (Phi) is 4.14. The SMILES string of the molecule is CCOC(=O)[C@H]1CNC(=O)C[C@@H]1c1ccc(F)cc1. The van der Waals surface area contributed by atoms with Crippen LogP contribution in [0.25, 0.3) is 0 Å². The fourth-order valence-corrected chi connectivity index (χ4v) is 2.34. The predicted molar refractivity (Wildman–Crippen MR) is 66.9 cm³/mol. The molecule has 1 aliphatic rings. The highest BCUT2D eigenvalue weighted by atomic mass is 19.1. The van der Waals surface area contributed by atoms with Crippen LogP contribution in [-0.2, 0) is 14.3 Å². The Morgan fingerprint density at radius 3 is 2.74 bits per heavy atom. The molecule has 0 aliphatic carbocycles. The number of hydrogen-bond acceptors (Lipinski definition) is 3. The Labute approximate surface area is 110 Å². The molecule has 0 spiro atoms. The molecule has 5 heteroatoms. The summed E-state index contributed by atoms with van der Waals surface area (Å²) in [6.45, 7) is 2.31. The molecule has 2 rings (SSSR count). The molecule has 0 aromatic heterocycles. The molecular weight excluding hydrogens is 249 g/mol. The number of esters is 1. The molecule has 1 fully saturated rings. The molecule has 1 N–H and O–H groups in total. The highest BCUT2D eigenvalue weighted by Gasteiger charge is 2.36. The fraction of sp³-hybridized carbons (Fsp3) is 0.429. The van der Waals surface area contributed by atoms with Crippen molar-refractivity contribution in [2.75, 3.05) is 13.2 Å².